The third kappa shape index (κ3) is 10.5. The van der Waals surface area contributed by atoms with Gasteiger partial charge in [-0.3, -0.25) is 13.8 Å². The zero-order valence-corrected chi connectivity index (χ0v) is 43.8. The third-order valence-electron chi connectivity index (χ3n) is 13.7. The van der Waals surface area contributed by atoms with Crippen molar-refractivity contribution in [2.45, 2.75) is 6.42 Å². The molecule has 11 aromatic rings. The number of benzene rings is 7. The van der Waals surface area contributed by atoms with Crippen LogP contribution in [-0.4, -0.2) is 19.9 Å². The monoisotopic (exact) mass is 1200 g/mol. The van der Waals surface area contributed by atoms with E-state index in [1.807, 2.05) is 97.2 Å². The van der Waals surface area contributed by atoms with Gasteiger partial charge in [0.25, 0.3) is 0 Å². The van der Waals surface area contributed by atoms with E-state index in [4.69, 9.17) is 4.98 Å². The molecule has 0 amide bonds. The average molecular weight is 1200 g/mol. The number of hydrogen-bond acceptors (Lipinski definition) is 4. The van der Waals surface area contributed by atoms with Crippen molar-refractivity contribution in [1.82, 2.24) is 19.9 Å². The first-order chi connectivity index (χ1) is 37.8. The number of hydrogen-bond donors (Lipinski definition) is 0. The molecule has 1 aliphatic carbocycles. The standard InChI is InChI=1S/C69H42F4N4.Ir/c70-53-31-32-61(64(72)37-53)66-33-29-50(40-74-66)58-20-9-10-21-59(58)52-35-48(55-17-7-8-19-57(55)51-30-34-67(75-41-51)69-65(73)38-54(71)42-77-69)27-28-49(36-52)56-18-11-12-22-60(56)63-43-76-68(47-15-5-2-6-16-47)39-62(63)46-25-23-45(24-26-46)44-13-3-1-4-14-44;/h1-15,17-26,28-31,33-43H,27H2;/q-2;. The molecule has 0 N–H and O–H groups in total. The Balaban J connectivity index is 0.00000645. The molecular formula is C69H42F4IrN4-2. The molecule has 4 nitrogen and oxygen atoms in total. The maximum absolute atomic E-state index is 15.0. The van der Waals surface area contributed by atoms with E-state index in [0.717, 1.165) is 125 Å². The first-order valence-corrected chi connectivity index (χ1v) is 25.0. The Hall–Kier alpha value is -9.27. The van der Waals surface area contributed by atoms with Crippen LogP contribution in [0.2, 0.25) is 0 Å². The normalized spacial score (nSPS) is 12.2. The number of halogens is 4. The van der Waals surface area contributed by atoms with E-state index in [-0.39, 0.29) is 37.1 Å². The van der Waals surface area contributed by atoms with Crippen LogP contribution in [0.5, 0.6) is 0 Å². The van der Waals surface area contributed by atoms with Gasteiger partial charge in [0.2, 0.25) is 0 Å². The smallest absolute Gasteiger partial charge is 0.153 e. The molecule has 0 atom stereocenters. The summed E-state index contributed by atoms with van der Waals surface area (Å²) in [6.07, 6.45) is 13.6. The molecule has 0 saturated carbocycles. The summed E-state index contributed by atoms with van der Waals surface area (Å²) in [5.41, 5.74) is 17.8. The first kappa shape index (κ1) is 50.9. The first-order valence-electron chi connectivity index (χ1n) is 25.0. The molecule has 1 radical (unpaired) electrons. The molecular weight excluding hydrogens is 1150 g/mol. The average Bonchev–Trinajstić information content (AvgIpc) is 3.75. The molecule has 377 valence electrons. The van der Waals surface area contributed by atoms with Crippen LogP contribution in [0.4, 0.5) is 17.6 Å². The van der Waals surface area contributed by atoms with Gasteiger partial charge in [0.1, 0.15) is 11.5 Å². The second-order valence-electron chi connectivity index (χ2n) is 18.5. The SMILES string of the molecule is Fc1c[c-]c(-c2ccc(-c3ccccc3C3=CC(c4ccccc4-c4cnc(-c5[c-]cccc5)cc4-c4ccc(-c5ccccc5)cc4)=CCC(c4ccccc4-c4ccc(-c5ncc(F)cc5F)nc4)=C3)cn2)c(F)c1.[Ir]. The van der Waals surface area contributed by atoms with E-state index in [9.17, 15) is 17.6 Å². The van der Waals surface area contributed by atoms with E-state index in [1.165, 1.54) is 0 Å². The van der Waals surface area contributed by atoms with Gasteiger partial charge in [0, 0.05) is 67.5 Å². The molecule has 0 unspecified atom stereocenters. The maximum Gasteiger partial charge on any atom is 0.153 e. The van der Waals surface area contributed by atoms with E-state index in [1.54, 1.807) is 24.5 Å². The Morgan fingerprint density at radius 3 is 1.62 bits per heavy atom. The zero-order chi connectivity index (χ0) is 52.2. The predicted molar refractivity (Wildman–Crippen MR) is 300 cm³/mol. The molecule has 0 aliphatic heterocycles. The second kappa shape index (κ2) is 22.5. The number of pyridine rings is 4. The fourth-order valence-corrected chi connectivity index (χ4v) is 9.96. The van der Waals surface area contributed by atoms with Crippen molar-refractivity contribution in [1.29, 1.82) is 0 Å². The van der Waals surface area contributed by atoms with Crippen LogP contribution in [0.15, 0.2) is 243 Å². The van der Waals surface area contributed by atoms with E-state index < -0.39 is 23.3 Å². The van der Waals surface area contributed by atoms with Crippen molar-refractivity contribution in [3.8, 4) is 89.5 Å². The topological polar surface area (TPSA) is 51.6 Å². The van der Waals surface area contributed by atoms with Gasteiger partial charge in [-0.15, -0.1) is 48.0 Å². The molecule has 1 aliphatic rings. The Kier molecular flexibility index (Phi) is 14.7. The van der Waals surface area contributed by atoms with Gasteiger partial charge in [0.15, 0.2) is 5.82 Å². The van der Waals surface area contributed by atoms with Gasteiger partial charge in [-0.05, 0) is 108 Å². The van der Waals surface area contributed by atoms with Crippen LogP contribution in [-0.2, 0) is 20.1 Å². The largest absolute Gasteiger partial charge is 0.304 e. The minimum atomic E-state index is -0.794. The number of rotatable bonds is 11. The molecule has 0 bridgehead atoms. The summed E-state index contributed by atoms with van der Waals surface area (Å²) in [6, 6.07) is 69.7. The summed E-state index contributed by atoms with van der Waals surface area (Å²) < 4.78 is 57.5. The Bertz CT molecular complexity index is 4080. The molecule has 0 saturated heterocycles. The molecule has 9 heteroatoms. The van der Waals surface area contributed by atoms with E-state index in [0.29, 0.717) is 12.1 Å². The number of aromatic nitrogens is 4. The Labute approximate surface area is 463 Å². The van der Waals surface area contributed by atoms with Gasteiger partial charge >= 0.3 is 0 Å². The van der Waals surface area contributed by atoms with Crippen LogP contribution in [0.25, 0.3) is 106 Å². The fourth-order valence-electron chi connectivity index (χ4n) is 9.96. The molecule has 4 heterocycles. The molecule has 0 fully saturated rings. The zero-order valence-electron chi connectivity index (χ0n) is 41.4. The Morgan fingerprint density at radius 2 is 0.949 bits per heavy atom. The number of allylic oxidation sites excluding steroid dienone is 6. The van der Waals surface area contributed by atoms with Gasteiger partial charge in [-0.1, -0.05) is 175 Å². The van der Waals surface area contributed by atoms with Crippen molar-refractivity contribution in [2.24, 2.45) is 0 Å². The van der Waals surface area contributed by atoms with Crippen molar-refractivity contribution in [2.75, 3.05) is 0 Å². The summed E-state index contributed by atoms with van der Waals surface area (Å²) in [7, 11) is 0. The van der Waals surface area contributed by atoms with Crippen molar-refractivity contribution >= 4 is 16.7 Å². The van der Waals surface area contributed by atoms with Crippen molar-refractivity contribution in [3.63, 3.8) is 0 Å². The second-order valence-corrected chi connectivity index (χ2v) is 18.5. The van der Waals surface area contributed by atoms with Crippen molar-refractivity contribution < 1.29 is 37.7 Å². The minimum absolute atomic E-state index is 0. The van der Waals surface area contributed by atoms with Gasteiger partial charge in [0.05, 0.1) is 11.9 Å². The minimum Gasteiger partial charge on any atom is -0.304 e. The van der Waals surface area contributed by atoms with Crippen LogP contribution in [0.3, 0.4) is 0 Å². The Morgan fingerprint density at radius 1 is 0.372 bits per heavy atom. The summed E-state index contributed by atoms with van der Waals surface area (Å²) in [4.78, 5) is 18.3. The summed E-state index contributed by atoms with van der Waals surface area (Å²) >= 11 is 0. The van der Waals surface area contributed by atoms with Gasteiger partial charge in [-0.25, -0.2) is 13.8 Å². The molecule has 12 rings (SSSR count). The maximum atomic E-state index is 15.0. The fraction of sp³-hybridized carbons (Fsp3) is 0.0145. The van der Waals surface area contributed by atoms with Crippen LogP contribution < -0.4 is 0 Å². The summed E-state index contributed by atoms with van der Waals surface area (Å²) in [5, 5.41) is 0. The van der Waals surface area contributed by atoms with Gasteiger partial charge < -0.3 is 9.97 Å². The third-order valence-corrected chi connectivity index (χ3v) is 13.7. The van der Waals surface area contributed by atoms with Crippen LogP contribution in [0.1, 0.15) is 23.1 Å². The molecule has 7 aromatic carbocycles. The van der Waals surface area contributed by atoms with Crippen molar-refractivity contribution in [3.05, 3.63) is 295 Å². The molecule has 78 heavy (non-hydrogen) atoms. The van der Waals surface area contributed by atoms with E-state index in [2.05, 4.69) is 124 Å². The predicted octanol–water partition coefficient (Wildman–Crippen LogP) is 17.7. The summed E-state index contributed by atoms with van der Waals surface area (Å²) in [6.45, 7) is 0. The molecule has 0 spiro atoms. The molecule has 4 aromatic heterocycles. The summed E-state index contributed by atoms with van der Waals surface area (Å²) in [5.74, 6) is -3.01. The quantitative estimate of drug-likeness (QED) is 0.0957. The number of nitrogens with zero attached hydrogens (tertiary/aromatic N) is 4. The van der Waals surface area contributed by atoms with E-state index >= 15 is 0 Å². The van der Waals surface area contributed by atoms with Gasteiger partial charge in [-0.2, -0.15) is 0 Å². The van der Waals surface area contributed by atoms with Crippen LogP contribution in [0, 0.1) is 35.4 Å². The van der Waals surface area contributed by atoms with Crippen LogP contribution >= 0.6 is 0 Å².